The maximum atomic E-state index is 6.84. The van der Waals surface area contributed by atoms with Crippen LogP contribution in [0.3, 0.4) is 0 Å². The van der Waals surface area contributed by atoms with Gasteiger partial charge in [-0.05, 0) is 36.6 Å². The molecule has 3 heterocycles. The zero-order valence-electron chi connectivity index (χ0n) is 18.2. The molecule has 5 heteroatoms. The summed E-state index contributed by atoms with van der Waals surface area (Å²) in [6.07, 6.45) is 11.7. The highest BCUT2D eigenvalue weighted by molar-refractivity contribution is 5.91. The van der Waals surface area contributed by atoms with Crippen molar-refractivity contribution in [3.63, 3.8) is 0 Å². The van der Waals surface area contributed by atoms with Gasteiger partial charge < -0.3 is 14.5 Å². The number of aliphatic imine (C=N–C) groups is 1. The van der Waals surface area contributed by atoms with Crippen LogP contribution < -0.4 is 0 Å². The first-order valence-corrected chi connectivity index (χ1v) is 11.2. The molecule has 0 amide bonds. The first-order chi connectivity index (χ1) is 15.1. The quantitative estimate of drug-likeness (QED) is 0.692. The van der Waals surface area contributed by atoms with Crippen molar-refractivity contribution in [1.29, 1.82) is 0 Å². The van der Waals surface area contributed by atoms with Crippen molar-refractivity contribution in [2.24, 2.45) is 4.99 Å². The van der Waals surface area contributed by atoms with Crippen molar-refractivity contribution >= 4 is 11.7 Å². The number of pyridine rings is 1. The number of hydrogen-bond acceptors (Lipinski definition) is 5. The first kappa shape index (κ1) is 20.0. The minimum atomic E-state index is -0.111. The molecule has 1 atom stereocenters. The molecule has 0 radical (unpaired) electrons. The van der Waals surface area contributed by atoms with Crippen molar-refractivity contribution in [1.82, 2.24) is 14.8 Å². The Morgan fingerprint density at radius 2 is 1.77 bits per heavy atom. The maximum absolute atomic E-state index is 6.84. The van der Waals surface area contributed by atoms with Gasteiger partial charge in [0.1, 0.15) is 6.10 Å². The van der Waals surface area contributed by atoms with Crippen molar-refractivity contribution in [2.75, 3.05) is 20.1 Å². The SMILES string of the molecule is C=C1C=C(c2ccncc2)N=C(N2CC(c3ccccc3)OC3(CCCCC3)C2)N1C. The predicted molar refractivity (Wildman–Crippen MR) is 124 cm³/mol. The van der Waals surface area contributed by atoms with E-state index in [1.807, 2.05) is 30.6 Å². The van der Waals surface area contributed by atoms with Crippen molar-refractivity contribution in [2.45, 2.75) is 43.8 Å². The van der Waals surface area contributed by atoms with Crippen LogP contribution in [0.5, 0.6) is 0 Å². The average Bonchev–Trinajstić information content (AvgIpc) is 2.82. The van der Waals surface area contributed by atoms with Gasteiger partial charge in [0.25, 0.3) is 0 Å². The summed E-state index contributed by atoms with van der Waals surface area (Å²) in [5.41, 5.74) is 4.06. The van der Waals surface area contributed by atoms with Crippen LogP contribution in [0, 0.1) is 0 Å². The number of benzene rings is 1. The second kappa shape index (κ2) is 8.31. The van der Waals surface area contributed by atoms with Gasteiger partial charge >= 0.3 is 0 Å². The fraction of sp³-hybridized carbons (Fsp3) is 0.385. The zero-order valence-corrected chi connectivity index (χ0v) is 18.2. The number of aromatic nitrogens is 1. The van der Waals surface area contributed by atoms with Crippen LogP contribution >= 0.6 is 0 Å². The molecule has 2 aliphatic heterocycles. The molecular weight excluding hydrogens is 384 g/mol. The molecule has 1 saturated carbocycles. The molecule has 1 unspecified atom stereocenters. The Kier molecular flexibility index (Phi) is 5.36. The zero-order chi connectivity index (χ0) is 21.3. The number of guanidine groups is 1. The number of hydrogen-bond donors (Lipinski definition) is 0. The summed E-state index contributed by atoms with van der Waals surface area (Å²) in [7, 11) is 2.06. The molecule has 1 aromatic heterocycles. The fourth-order valence-corrected chi connectivity index (χ4v) is 5.01. The normalized spacial score (nSPS) is 23.5. The number of ether oxygens (including phenoxy) is 1. The summed E-state index contributed by atoms with van der Waals surface area (Å²) in [6, 6.07) is 14.6. The van der Waals surface area contributed by atoms with E-state index in [2.05, 4.69) is 58.7 Å². The molecule has 5 rings (SSSR count). The molecule has 0 bridgehead atoms. The van der Waals surface area contributed by atoms with Gasteiger partial charge in [0.05, 0.1) is 17.8 Å². The third-order valence-corrected chi connectivity index (χ3v) is 6.71. The molecule has 1 spiro atoms. The lowest BCUT2D eigenvalue weighted by molar-refractivity contribution is -0.160. The molecule has 160 valence electrons. The molecule has 2 aromatic rings. The minimum Gasteiger partial charge on any atom is -0.363 e. The van der Waals surface area contributed by atoms with Gasteiger partial charge in [-0.15, -0.1) is 0 Å². The highest BCUT2D eigenvalue weighted by Crippen LogP contribution is 2.41. The van der Waals surface area contributed by atoms with E-state index in [-0.39, 0.29) is 11.7 Å². The van der Waals surface area contributed by atoms with Gasteiger partial charge in [0, 0.05) is 37.2 Å². The van der Waals surface area contributed by atoms with Crippen molar-refractivity contribution in [3.8, 4) is 0 Å². The van der Waals surface area contributed by atoms with E-state index in [4.69, 9.17) is 9.73 Å². The topological polar surface area (TPSA) is 41.0 Å². The Hall–Kier alpha value is -2.92. The minimum absolute atomic E-state index is 0.0349. The summed E-state index contributed by atoms with van der Waals surface area (Å²) in [5.74, 6) is 0.952. The lowest BCUT2D eigenvalue weighted by Crippen LogP contribution is -2.58. The number of rotatable bonds is 2. The molecule has 3 aliphatic rings. The third-order valence-electron chi connectivity index (χ3n) is 6.71. The Morgan fingerprint density at radius 1 is 1.03 bits per heavy atom. The number of morpholine rings is 1. The maximum Gasteiger partial charge on any atom is 0.206 e. The molecule has 2 fully saturated rings. The average molecular weight is 415 g/mol. The second-order valence-electron chi connectivity index (χ2n) is 8.87. The van der Waals surface area contributed by atoms with E-state index in [1.165, 1.54) is 24.8 Å². The van der Waals surface area contributed by atoms with Gasteiger partial charge in [-0.1, -0.05) is 56.2 Å². The van der Waals surface area contributed by atoms with Gasteiger partial charge in [-0.2, -0.15) is 0 Å². The number of allylic oxidation sites excluding steroid dienone is 1. The molecule has 1 aromatic carbocycles. The van der Waals surface area contributed by atoms with Crippen LogP contribution in [0.25, 0.3) is 5.70 Å². The summed E-state index contributed by atoms with van der Waals surface area (Å²) in [5, 5.41) is 0. The molecule has 1 aliphatic carbocycles. The standard InChI is InChI=1S/C26H30N4O/c1-20-17-23(21-11-15-27-16-12-21)28-25(29(20)2)30-18-24(22-9-5-3-6-10-22)31-26(19-30)13-7-4-8-14-26/h3,5-6,9-12,15-17,24H,1,4,7-8,13-14,18-19H2,2H3. The van der Waals surface area contributed by atoms with E-state index < -0.39 is 0 Å². The number of nitrogens with zero attached hydrogens (tertiary/aromatic N) is 4. The van der Waals surface area contributed by atoms with Crippen LogP contribution in [0.4, 0.5) is 0 Å². The van der Waals surface area contributed by atoms with Crippen LogP contribution in [-0.4, -0.2) is 46.5 Å². The largest absolute Gasteiger partial charge is 0.363 e. The molecule has 1 saturated heterocycles. The van der Waals surface area contributed by atoms with Gasteiger partial charge in [0.15, 0.2) is 0 Å². The molecule has 0 N–H and O–H groups in total. The summed E-state index contributed by atoms with van der Waals surface area (Å²) in [4.78, 5) is 13.8. The second-order valence-corrected chi connectivity index (χ2v) is 8.87. The van der Waals surface area contributed by atoms with Gasteiger partial charge in [-0.3, -0.25) is 4.98 Å². The lowest BCUT2D eigenvalue weighted by Gasteiger charge is -2.50. The fourth-order valence-electron chi connectivity index (χ4n) is 5.01. The molecule has 31 heavy (non-hydrogen) atoms. The van der Waals surface area contributed by atoms with Crippen molar-refractivity contribution in [3.05, 3.63) is 84.3 Å². The lowest BCUT2D eigenvalue weighted by atomic mass is 9.82. The first-order valence-electron chi connectivity index (χ1n) is 11.2. The smallest absolute Gasteiger partial charge is 0.206 e. The highest BCUT2D eigenvalue weighted by atomic mass is 16.5. The summed E-state index contributed by atoms with van der Waals surface area (Å²) >= 11 is 0. The summed E-state index contributed by atoms with van der Waals surface area (Å²) < 4.78 is 6.84. The molecule has 5 nitrogen and oxygen atoms in total. The third kappa shape index (κ3) is 4.02. The number of likely N-dealkylation sites (N-methyl/N-ethyl adjacent to an activating group) is 1. The van der Waals surface area contributed by atoms with Crippen LogP contribution in [0.15, 0.2) is 78.2 Å². The Balaban J connectivity index is 1.51. The van der Waals surface area contributed by atoms with Crippen LogP contribution in [0.1, 0.15) is 49.3 Å². The Bertz CT molecular complexity index is 993. The highest BCUT2D eigenvalue weighted by Gasteiger charge is 2.43. The van der Waals surface area contributed by atoms with Gasteiger partial charge in [-0.25, -0.2) is 4.99 Å². The van der Waals surface area contributed by atoms with Gasteiger partial charge in [0.2, 0.25) is 5.96 Å². The van der Waals surface area contributed by atoms with Crippen LogP contribution in [-0.2, 0) is 4.74 Å². The Labute approximate surface area is 184 Å². The monoisotopic (exact) mass is 414 g/mol. The van der Waals surface area contributed by atoms with E-state index in [0.717, 1.165) is 48.8 Å². The van der Waals surface area contributed by atoms with Crippen molar-refractivity contribution < 1.29 is 4.74 Å². The van der Waals surface area contributed by atoms with Crippen LogP contribution in [0.2, 0.25) is 0 Å². The predicted octanol–water partition coefficient (Wildman–Crippen LogP) is 5.01. The van der Waals surface area contributed by atoms with E-state index in [0.29, 0.717) is 0 Å². The Morgan fingerprint density at radius 3 is 2.52 bits per heavy atom. The summed E-state index contributed by atoms with van der Waals surface area (Å²) in [6.45, 7) is 5.95. The van der Waals surface area contributed by atoms with E-state index in [9.17, 15) is 0 Å². The van der Waals surface area contributed by atoms with E-state index >= 15 is 0 Å². The molecular formula is C26H30N4O. The van der Waals surface area contributed by atoms with E-state index in [1.54, 1.807) is 0 Å².